The Balaban J connectivity index is 3.91. The van der Waals surface area contributed by atoms with Crippen LogP contribution >= 0.6 is 7.37 Å². The third-order valence-electron chi connectivity index (χ3n) is 2.58. The van der Waals surface area contributed by atoms with Crippen molar-refractivity contribution in [2.24, 2.45) is 5.92 Å². The SMILES string of the molecule is CC(=O)C(CCCCCC(=O)O)CP(C)(=O)O. The molecule has 0 spiro atoms. The fourth-order valence-corrected chi connectivity index (χ4v) is 2.93. The van der Waals surface area contributed by atoms with E-state index >= 15 is 0 Å². The van der Waals surface area contributed by atoms with Crippen molar-refractivity contribution in [2.75, 3.05) is 12.8 Å². The molecule has 2 atom stereocenters. The van der Waals surface area contributed by atoms with E-state index in [4.69, 9.17) is 5.11 Å². The highest BCUT2D eigenvalue weighted by Crippen LogP contribution is 2.39. The van der Waals surface area contributed by atoms with E-state index in [1.807, 2.05) is 0 Å². The predicted octanol–water partition coefficient (Wildman–Crippen LogP) is 2.13. The van der Waals surface area contributed by atoms with E-state index in [1.165, 1.54) is 13.6 Å². The largest absolute Gasteiger partial charge is 0.481 e. The van der Waals surface area contributed by atoms with Crippen molar-refractivity contribution in [1.29, 1.82) is 0 Å². The molecule has 0 rings (SSSR count). The monoisotopic (exact) mass is 264 g/mol. The van der Waals surface area contributed by atoms with Crippen molar-refractivity contribution in [3.05, 3.63) is 0 Å². The maximum Gasteiger partial charge on any atom is 0.303 e. The molecule has 0 bridgehead atoms. The summed E-state index contributed by atoms with van der Waals surface area (Å²) in [7, 11) is -3.16. The number of unbranched alkanes of at least 4 members (excludes halogenated alkanes) is 2. The van der Waals surface area contributed by atoms with E-state index in [0.29, 0.717) is 12.8 Å². The lowest BCUT2D eigenvalue weighted by Crippen LogP contribution is -2.15. The second-order valence-electron chi connectivity index (χ2n) is 4.53. The summed E-state index contributed by atoms with van der Waals surface area (Å²) in [4.78, 5) is 30.8. The standard InChI is InChI=1S/C11H21O5P/c1-9(12)10(8-17(2,15)16)6-4-3-5-7-11(13)14/h10H,3-8H2,1-2H3,(H,13,14)(H,15,16). The quantitative estimate of drug-likeness (QED) is 0.491. The van der Waals surface area contributed by atoms with Gasteiger partial charge in [0.2, 0.25) is 0 Å². The Morgan fingerprint density at radius 1 is 1.24 bits per heavy atom. The van der Waals surface area contributed by atoms with Crippen molar-refractivity contribution in [2.45, 2.75) is 39.0 Å². The molecule has 5 nitrogen and oxygen atoms in total. The highest BCUT2D eigenvalue weighted by Gasteiger charge is 2.22. The second-order valence-corrected chi connectivity index (χ2v) is 7.00. The van der Waals surface area contributed by atoms with Crippen LogP contribution in [0, 0.1) is 5.92 Å². The van der Waals surface area contributed by atoms with E-state index < -0.39 is 13.3 Å². The Kier molecular flexibility index (Phi) is 7.32. The summed E-state index contributed by atoms with van der Waals surface area (Å²) in [5.41, 5.74) is 0. The van der Waals surface area contributed by atoms with Gasteiger partial charge < -0.3 is 10.00 Å². The normalized spacial score (nSPS) is 16.2. The van der Waals surface area contributed by atoms with Gasteiger partial charge in [0.25, 0.3) is 0 Å². The number of carbonyl (C=O) groups excluding carboxylic acids is 1. The van der Waals surface area contributed by atoms with E-state index in [2.05, 4.69) is 0 Å². The number of carboxylic acids is 1. The third kappa shape index (κ3) is 10.2. The lowest BCUT2D eigenvalue weighted by atomic mass is 9.99. The molecule has 0 aromatic rings. The minimum Gasteiger partial charge on any atom is -0.481 e. The predicted molar refractivity (Wildman–Crippen MR) is 65.5 cm³/mol. The van der Waals surface area contributed by atoms with Crippen LogP contribution in [-0.2, 0) is 14.2 Å². The average Bonchev–Trinajstić information content (AvgIpc) is 2.12. The van der Waals surface area contributed by atoms with Gasteiger partial charge in [-0.2, -0.15) is 0 Å². The lowest BCUT2D eigenvalue weighted by molar-refractivity contribution is -0.137. The fraction of sp³-hybridized carbons (Fsp3) is 0.818. The first-order valence-corrected chi connectivity index (χ1v) is 8.03. The zero-order valence-corrected chi connectivity index (χ0v) is 11.3. The minimum atomic E-state index is -3.16. The molecule has 2 unspecified atom stereocenters. The molecule has 0 saturated carbocycles. The van der Waals surface area contributed by atoms with Crippen molar-refractivity contribution in [3.8, 4) is 0 Å². The van der Waals surface area contributed by atoms with Crippen LogP contribution in [0.5, 0.6) is 0 Å². The number of aliphatic carboxylic acids is 1. The zero-order valence-electron chi connectivity index (χ0n) is 10.4. The molecule has 0 heterocycles. The molecule has 0 aliphatic heterocycles. The van der Waals surface area contributed by atoms with Gasteiger partial charge in [-0.05, 0) is 19.8 Å². The molecule has 0 aromatic carbocycles. The Hall–Kier alpha value is -0.670. The van der Waals surface area contributed by atoms with Gasteiger partial charge in [-0.3, -0.25) is 14.2 Å². The first-order chi connectivity index (χ1) is 7.72. The van der Waals surface area contributed by atoms with E-state index in [9.17, 15) is 19.0 Å². The Bertz CT molecular complexity index is 307. The molecule has 2 N–H and O–H groups in total. The average molecular weight is 264 g/mol. The fourth-order valence-electron chi connectivity index (χ4n) is 1.68. The van der Waals surface area contributed by atoms with Crippen molar-refractivity contribution in [1.82, 2.24) is 0 Å². The summed E-state index contributed by atoms with van der Waals surface area (Å²) in [5, 5.41) is 8.44. The summed E-state index contributed by atoms with van der Waals surface area (Å²) < 4.78 is 11.2. The highest BCUT2D eigenvalue weighted by molar-refractivity contribution is 7.57. The number of ketones is 1. The molecule has 6 heteroatoms. The Morgan fingerprint density at radius 3 is 2.24 bits per heavy atom. The van der Waals surface area contributed by atoms with Gasteiger partial charge in [0, 0.05) is 25.2 Å². The summed E-state index contributed by atoms with van der Waals surface area (Å²) in [5.74, 6) is -1.26. The smallest absolute Gasteiger partial charge is 0.303 e. The van der Waals surface area contributed by atoms with E-state index in [1.54, 1.807) is 0 Å². The summed E-state index contributed by atoms with van der Waals surface area (Å²) in [6.45, 7) is 2.69. The molecule has 0 amide bonds. The van der Waals surface area contributed by atoms with Crippen LogP contribution in [-0.4, -0.2) is 34.6 Å². The number of carboxylic acid groups (broad SMARTS) is 1. The third-order valence-corrected chi connectivity index (χ3v) is 3.70. The summed E-state index contributed by atoms with van der Waals surface area (Å²) in [6, 6.07) is 0. The summed E-state index contributed by atoms with van der Waals surface area (Å²) >= 11 is 0. The first kappa shape index (κ1) is 16.3. The molecule has 0 saturated heterocycles. The highest BCUT2D eigenvalue weighted by atomic mass is 31.2. The van der Waals surface area contributed by atoms with Crippen molar-refractivity contribution >= 4 is 19.1 Å². The minimum absolute atomic E-state index is 0.0290. The maximum atomic E-state index is 11.3. The molecule has 0 radical (unpaired) electrons. The second kappa shape index (κ2) is 7.62. The molecule has 17 heavy (non-hydrogen) atoms. The van der Waals surface area contributed by atoms with E-state index in [-0.39, 0.29) is 24.3 Å². The van der Waals surface area contributed by atoms with Crippen LogP contribution < -0.4 is 0 Å². The van der Waals surface area contributed by atoms with Crippen LogP contribution in [0.2, 0.25) is 0 Å². The Labute approximate surface area is 102 Å². The molecule has 0 fully saturated rings. The van der Waals surface area contributed by atoms with Gasteiger partial charge in [-0.15, -0.1) is 0 Å². The van der Waals surface area contributed by atoms with Crippen LogP contribution in [0.15, 0.2) is 0 Å². The molecular formula is C11H21O5P. The molecular weight excluding hydrogens is 243 g/mol. The molecule has 0 aliphatic carbocycles. The van der Waals surface area contributed by atoms with E-state index in [0.717, 1.165) is 12.8 Å². The van der Waals surface area contributed by atoms with Crippen molar-refractivity contribution < 1.29 is 24.2 Å². The number of Topliss-reactive ketones (excluding diaryl/α,β-unsaturated/α-hetero) is 1. The van der Waals surface area contributed by atoms with Gasteiger partial charge in [-0.25, -0.2) is 0 Å². The first-order valence-electron chi connectivity index (χ1n) is 5.74. The zero-order chi connectivity index (χ0) is 13.5. The summed E-state index contributed by atoms with van der Waals surface area (Å²) in [6.07, 6.45) is 2.77. The van der Waals surface area contributed by atoms with Gasteiger partial charge in [-0.1, -0.05) is 12.8 Å². The topological polar surface area (TPSA) is 91.7 Å². The Morgan fingerprint density at radius 2 is 1.82 bits per heavy atom. The van der Waals surface area contributed by atoms with Gasteiger partial charge in [0.1, 0.15) is 5.78 Å². The molecule has 100 valence electrons. The lowest BCUT2D eigenvalue weighted by Gasteiger charge is -2.15. The number of hydrogen-bond acceptors (Lipinski definition) is 3. The number of carbonyl (C=O) groups is 2. The molecule has 0 aromatic heterocycles. The van der Waals surface area contributed by atoms with Crippen LogP contribution in [0.4, 0.5) is 0 Å². The van der Waals surface area contributed by atoms with Gasteiger partial charge >= 0.3 is 5.97 Å². The van der Waals surface area contributed by atoms with Gasteiger partial charge in [0.15, 0.2) is 7.37 Å². The maximum absolute atomic E-state index is 11.3. The molecule has 0 aliphatic rings. The van der Waals surface area contributed by atoms with Crippen LogP contribution in [0.25, 0.3) is 0 Å². The van der Waals surface area contributed by atoms with Gasteiger partial charge in [0.05, 0.1) is 0 Å². The van der Waals surface area contributed by atoms with Crippen LogP contribution in [0.1, 0.15) is 39.0 Å². The number of rotatable bonds is 9. The van der Waals surface area contributed by atoms with Crippen LogP contribution in [0.3, 0.4) is 0 Å². The number of hydrogen-bond donors (Lipinski definition) is 2. The van der Waals surface area contributed by atoms with Crippen molar-refractivity contribution in [3.63, 3.8) is 0 Å².